The molecule has 0 fully saturated rings. The van der Waals surface area contributed by atoms with Crippen LogP contribution in [0.5, 0.6) is 5.88 Å². The molecule has 6 heteroatoms. The standard InChI is InChI=1S/C11H13ClN2O2S/c1-6-8(11(16-3)14(2)13-6)9(15)10-7(12)4-5-17-10/h4-5,9,15H,1-3H3. The fraction of sp³-hybridized carbons (Fsp3) is 0.364. The molecule has 1 atom stereocenters. The van der Waals surface area contributed by atoms with Gasteiger partial charge in [0.05, 0.1) is 28.3 Å². The van der Waals surface area contributed by atoms with Gasteiger partial charge < -0.3 is 9.84 Å². The van der Waals surface area contributed by atoms with Gasteiger partial charge in [0.25, 0.3) is 0 Å². The average molecular weight is 273 g/mol. The van der Waals surface area contributed by atoms with Gasteiger partial charge in [-0.25, -0.2) is 4.68 Å². The molecule has 0 aliphatic heterocycles. The van der Waals surface area contributed by atoms with E-state index in [1.807, 2.05) is 12.3 Å². The lowest BCUT2D eigenvalue weighted by atomic mass is 10.1. The summed E-state index contributed by atoms with van der Waals surface area (Å²) in [7, 11) is 3.33. The molecule has 1 unspecified atom stereocenters. The van der Waals surface area contributed by atoms with Gasteiger partial charge >= 0.3 is 0 Å². The SMILES string of the molecule is COc1c(C(O)c2sccc2Cl)c(C)nn1C. The fourth-order valence-corrected chi connectivity index (χ4v) is 2.99. The maximum absolute atomic E-state index is 10.4. The summed E-state index contributed by atoms with van der Waals surface area (Å²) in [6, 6.07) is 1.77. The van der Waals surface area contributed by atoms with E-state index in [0.717, 1.165) is 5.69 Å². The highest BCUT2D eigenvalue weighted by Crippen LogP contribution is 2.37. The van der Waals surface area contributed by atoms with Crippen LogP contribution in [0.2, 0.25) is 5.02 Å². The lowest BCUT2D eigenvalue weighted by Crippen LogP contribution is -2.02. The summed E-state index contributed by atoms with van der Waals surface area (Å²) in [5.74, 6) is 0.555. The molecule has 0 aliphatic carbocycles. The van der Waals surface area contributed by atoms with Crippen molar-refractivity contribution in [1.82, 2.24) is 9.78 Å². The zero-order chi connectivity index (χ0) is 12.6. The molecule has 0 amide bonds. The molecular weight excluding hydrogens is 260 g/mol. The zero-order valence-electron chi connectivity index (χ0n) is 9.77. The van der Waals surface area contributed by atoms with Crippen molar-refractivity contribution in [3.63, 3.8) is 0 Å². The Bertz CT molecular complexity index is 536. The normalized spacial score (nSPS) is 12.8. The minimum absolute atomic E-state index is 0.555. The molecule has 92 valence electrons. The smallest absolute Gasteiger partial charge is 0.217 e. The predicted molar refractivity (Wildman–Crippen MR) is 67.9 cm³/mol. The number of aromatic nitrogens is 2. The van der Waals surface area contributed by atoms with Gasteiger partial charge in [0, 0.05) is 7.05 Å². The molecule has 0 saturated carbocycles. The van der Waals surface area contributed by atoms with Gasteiger partial charge in [0.1, 0.15) is 6.10 Å². The Kier molecular flexibility index (Phi) is 3.42. The maximum Gasteiger partial charge on any atom is 0.217 e. The molecule has 17 heavy (non-hydrogen) atoms. The number of thiophene rings is 1. The quantitative estimate of drug-likeness (QED) is 0.934. The van der Waals surface area contributed by atoms with E-state index >= 15 is 0 Å². The number of halogens is 1. The zero-order valence-corrected chi connectivity index (χ0v) is 11.3. The van der Waals surface area contributed by atoms with E-state index in [0.29, 0.717) is 21.3 Å². The Morgan fingerprint density at radius 3 is 2.82 bits per heavy atom. The van der Waals surface area contributed by atoms with E-state index in [1.54, 1.807) is 24.9 Å². The van der Waals surface area contributed by atoms with Crippen LogP contribution in [0, 0.1) is 6.92 Å². The summed E-state index contributed by atoms with van der Waals surface area (Å²) in [5.41, 5.74) is 1.40. The van der Waals surface area contributed by atoms with Crippen LogP contribution in [0.1, 0.15) is 22.2 Å². The van der Waals surface area contributed by atoms with Crippen LogP contribution in [0.4, 0.5) is 0 Å². The van der Waals surface area contributed by atoms with Crippen molar-refractivity contribution in [1.29, 1.82) is 0 Å². The van der Waals surface area contributed by atoms with E-state index in [9.17, 15) is 5.11 Å². The molecule has 0 bridgehead atoms. The van der Waals surface area contributed by atoms with Crippen LogP contribution in [0.15, 0.2) is 11.4 Å². The predicted octanol–water partition coefficient (Wildman–Crippen LogP) is 2.53. The van der Waals surface area contributed by atoms with Crippen LogP contribution in [0.25, 0.3) is 0 Å². The number of nitrogens with zero attached hydrogens (tertiary/aromatic N) is 2. The van der Waals surface area contributed by atoms with Crippen molar-refractivity contribution in [2.75, 3.05) is 7.11 Å². The molecule has 0 aliphatic rings. The molecule has 2 aromatic heterocycles. The Morgan fingerprint density at radius 1 is 1.59 bits per heavy atom. The highest BCUT2D eigenvalue weighted by atomic mass is 35.5. The Hall–Kier alpha value is -1.04. The van der Waals surface area contributed by atoms with Crippen molar-refractivity contribution in [2.24, 2.45) is 7.05 Å². The van der Waals surface area contributed by atoms with Crippen molar-refractivity contribution < 1.29 is 9.84 Å². The van der Waals surface area contributed by atoms with Crippen molar-refractivity contribution in [3.8, 4) is 5.88 Å². The number of aryl methyl sites for hydroxylation is 2. The molecular formula is C11H13ClN2O2S. The number of methoxy groups -OCH3 is 1. The summed E-state index contributed by atoms with van der Waals surface area (Å²) in [6.45, 7) is 1.84. The molecule has 1 N–H and O–H groups in total. The minimum Gasteiger partial charge on any atom is -0.481 e. The van der Waals surface area contributed by atoms with E-state index < -0.39 is 6.10 Å². The number of hydrogen-bond acceptors (Lipinski definition) is 4. The lowest BCUT2D eigenvalue weighted by molar-refractivity contribution is 0.216. The summed E-state index contributed by atoms with van der Waals surface area (Å²) in [5, 5.41) is 17.0. The van der Waals surface area contributed by atoms with Gasteiger partial charge in [0.2, 0.25) is 5.88 Å². The van der Waals surface area contributed by atoms with Gasteiger partial charge in [0.15, 0.2) is 0 Å². The van der Waals surface area contributed by atoms with Gasteiger partial charge in [-0.3, -0.25) is 0 Å². The first kappa shape index (κ1) is 12.4. The van der Waals surface area contributed by atoms with E-state index in [4.69, 9.17) is 16.3 Å². The first-order valence-electron chi connectivity index (χ1n) is 5.04. The third-order valence-corrected chi connectivity index (χ3v) is 3.98. The van der Waals surface area contributed by atoms with Crippen molar-refractivity contribution in [3.05, 3.63) is 32.6 Å². The first-order chi connectivity index (χ1) is 8.06. The molecule has 4 nitrogen and oxygen atoms in total. The first-order valence-corrected chi connectivity index (χ1v) is 6.30. The van der Waals surface area contributed by atoms with Gasteiger partial charge in [-0.05, 0) is 18.4 Å². The summed E-state index contributed by atoms with van der Waals surface area (Å²) in [4.78, 5) is 0.709. The molecule has 0 saturated heterocycles. The summed E-state index contributed by atoms with van der Waals surface area (Å²) >= 11 is 7.44. The Labute approximate surface area is 108 Å². The Balaban J connectivity index is 2.50. The van der Waals surface area contributed by atoms with Gasteiger partial charge in [-0.2, -0.15) is 5.10 Å². The molecule has 2 heterocycles. The molecule has 0 spiro atoms. The number of ether oxygens (including phenoxy) is 1. The highest BCUT2D eigenvalue weighted by Gasteiger charge is 2.25. The molecule has 2 rings (SSSR count). The lowest BCUT2D eigenvalue weighted by Gasteiger charge is -2.11. The highest BCUT2D eigenvalue weighted by molar-refractivity contribution is 7.10. The van der Waals surface area contributed by atoms with Crippen molar-refractivity contribution >= 4 is 22.9 Å². The van der Waals surface area contributed by atoms with E-state index in [1.165, 1.54) is 11.3 Å². The fourth-order valence-electron chi connectivity index (χ4n) is 1.84. The second-order valence-corrected chi connectivity index (χ2v) is 5.02. The van der Waals surface area contributed by atoms with Crippen molar-refractivity contribution in [2.45, 2.75) is 13.0 Å². The molecule has 2 aromatic rings. The average Bonchev–Trinajstić information content (AvgIpc) is 2.81. The van der Waals surface area contributed by atoms with Crippen LogP contribution < -0.4 is 4.74 Å². The molecule has 0 radical (unpaired) electrons. The van der Waals surface area contributed by atoms with Gasteiger partial charge in [-0.1, -0.05) is 11.6 Å². The number of aliphatic hydroxyl groups is 1. The van der Waals surface area contributed by atoms with Crippen LogP contribution in [-0.4, -0.2) is 22.0 Å². The van der Waals surface area contributed by atoms with Crippen LogP contribution >= 0.6 is 22.9 Å². The number of hydrogen-bond donors (Lipinski definition) is 1. The van der Waals surface area contributed by atoms with Crippen LogP contribution in [-0.2, 0) is 7.05 Å². The minimum atomic E-state index is -0.800. The summed E-state index contributed by atoms with van der Waals surface area (Å²) in [6.07, 6.45) is -0.800. The summed E-state index contributed by atoms with van der Waals surface area (Å²) < 4.78 is 6.86. The number of rotatable bonds is 3. The second-order valence-electron chi connectivity index (χ2n) is 3.67. The second kappa shape index (κ2) is 4.68. The molecule has 0 aromatic carbocycles. The Morgan fingerprint density at radius 2 is 2.29 bits per heavy atom. The van der Waals surface area contributed by atoms with E-state index in [2.05, 4.69) is 5.10 Å². The number of aliphatic hydroxyl groups excluding tert-OH is 1. The van der Waals surface area contributed by atoms with Crippen LogP contribution in [0.3, 0.4) is 0 Å². The topological polar surface area (TPSA) is 47.3 Å². The monoisotopic (exact) mass is 272 g/mol. The largest absolute Gasteiger partial charge is 0.481 e. The third-order valence-electron chi connectivity index (χ3n) is 2.57. The van der Waals surface area contributed by atoms with E-state index in [-0.39, 0.29) is 0 Å². The maximum atomic E-state index is 10.4. The van der Waals surface area contributed by atoms with Gasteiger partial charge in [-0.15, -0.1) is 11.3 Å². The third kappa shape index (κ3) is 2.06.